The summed E-state index contributed by atoms with van der Waals surface area (Å²) in [5.74, 6) is -0.875. The highest BCUT2D eigenvalue weighted by molar-refractivity contribution is 5.98. The molecule has 2 N–H and O–H groups in total. The van der Waals surface area contributed by atoms with Gasteiger partial charge in [-0.05, 0) is 37.3 Å². The first kappa shape index (κ1) is 21.7. The van der Waals surface area contributed by atoms with E-state index in [2.05, 4.69) is 14.9 Å². The second-order valence-corrected chi connectivity index (χ2v) is 8.23. The second kappa shape index (κ2) is 8.02. The molecule has 0 unspecified atom stereocenters. The summed E-state index contributed by atoms with van der Waals surface area (Å²) in [6.45, 7) is 3.69. The number of fused-ring (bicyclic) bond motifs is 2. The van der Waals surface area contributed by atoms with E-state index in [0.717, 1.165) is 17.8 Å². The topological polar surface area (TPSA) is 49.3 Å². The fourth-order valence-electron chi connectivity index (χ4n) is 4.42. The van der Waals surface area contributed by atoms with Crippen LogP contribution in [0.5, 0.6) is 5.75 Å². The number of aromatic nitrogens is 1. The third kappa shape index (κ3) is 4.03. The molecule has 0 aliphatic carbocycles. The third-order valence-corrected chi connectivity index (χ3v) is 5.99. The first-order valence-corrected chi connectivity index (χ1v) is 10.5. The Morgan fingerprint density at radius 1 is 1.12 bits per heavy atom. The number of hydrogen-bond donors (Lipinski definition) is 2. The molecule has 3 heterocycles. The maximum absolute atomic E-state index is 15.0. The number of nitrogens with zero attached hydrogens (tertiary/aromatic N) is 1. The summed E-state index contributed by atoms with van der Waals surface area (Å²) >= 11 is 0. The van der Waals surface area contributed by atoms with Crippen LogP contribution in [0.2, 0.25) is 0 Å². The summed E-state index contributed by atoms with van der Waals surface area (Å²) in [5.41, 5.74) is 0.457. The van der Waals surface area contributed by atoms with Crippen molar-refractivity contribution in [1.29, 1.82) is 0 Å². The molecule has 0 bridgehead atoms. The normalized spacial score (nSPS) is 23.3. The monoisotopic (exact) mass is 466 g/mol. The van der Waals surface area contributed by atoms with Crippen LogP contribution in [0.3, 0.4) is 0 Å². The van der Waals surface area contributed by atoms with Gasteiger partial charge in [-0.15, -0.1) is 0 Å². The van der Waals surface area contributed by atoms with Crippen LogP contribution < -0.4 is 10.1 Å². The van der Waals surface area contributed by atoms with Crippen LogP contribution in [0.4, 0.5) is 27.6 Å². The molecule has 10 heteroatoms. The highest BCUT2D eigenvalue weighted by Gasteiger charge is 2.38. The minimum atomic E-state index is -4.60. The summed E-state index contributed by atoms with van der Waals surface area (Å²) in [5, 5.41) is 3.19. The Morgan fingerprint density at radius 2 is 1.94 bits per heavy atom. The number of benzene rings is 2. The van der Waals surface area contributed by atoms with Gasteiger partial charge in [0.25, 0.3) is 0 Å². The van der Waals surface area contributed by atoms with Crippen LogP contribution in [0.25, 0.3) is 10.9 Å². The van der Waals surface area contributed by atoms with E-state index >= 15 is 0 Å². The highest BCUT2D eigenvalue weighted by atomic mass is 19.4. The number of aromatic amines is 1. The average molecular weight is 466 g/mol. The first-order valence-electron chi connectivity index (χ1n) is 10.5. The van der Waals surface area contributed by atoms with E-state index in [1.54, 1.807) is 6.07 Å². The summed E-state index contributed by atoms with van der Waals surface area (Å²) in [7, 11) is 0. The first-order chi connectivity index (χ1) is 15.7. The summed E-state index contributed by atoms with van der Waals surface area (Å²) in [4.78, 5) is 2.31. The van der Waals surface area contributed by atoms with Gasteiger partial charge in [-0.2, -0.15) is 13.2 Å². The van der Waals surface area contributed by atoms with Crippen LogP contribution in [0, 0.1) is 11.6 Å². The van der Waals surface area contributed by atoms with Crippen molar-refractivity contribution in [2.24, 2.45) is 0 Å². The number of hydrogen-bond acceptors (Lipinski definition) is 3. The molecular weight excluding hydrogens is 445 g/mol. The average Bonchev–Trinajstić information content (AvgIpc) is 3.21. The maximum Gasteiger partial charge on any atom is 0.431 e. The highest BCUT2D eigenvalue weighted by Crippen LogP contribution is 2.39. The van der Waals surface area contributed by atoms with Crippen LogP contribution in [-0.2, 0) is 10.9 Å². The Bertz CT molecular complexity index is 1250. The Balaban J connectivity index is 1.64. The maximum atomic E-state index is 15.0. The predicted octanol–water partition coefficient (Wildman–Crippen LogP) is 4.88. The quantitative estimate of drug-likeness (QED) is 0.418. The van der Waals surface area contributed by atoms with E-state index in [-0.39, 0.29) is 29.3 Å². The Kier molecular flexibility index (Phi) is 5.27. The molecule has 174 valence electrons. The molecule has 33 heavy (non-hydrogen) atoms. The smallest absolute Gasteiger partial charge is 0.431 e. The van der Waals surface area contributed by atoms with E-state index in [9.17, 15) is 22.0 Å². The van der Waals surface area contributed by atoms with E-state index < -0.39 is 29.5 Å². The zero-order valence-corrected chi connectivity index (χ0v) is 17.6. The number of alkyl halides is 3. The van der Waals surface area contributed by atoms with Gasteiger partial charge in [-0.25, -0.2) is 13.4 Å². The molecule has 2 aliphatic heterocycles. The molecule has 0 radical (unpaired) electrons. The Hall–Kier alpha value is -3.14. The number of anilines is 1. The molecule has 0 saturated carbocycles. The van der Waals surface area contributed by atoms with Crippen molar-refractivity contribution in [3.8, 4) is 5.75 Å². The van der Waals surface area contributed by atoms with Gasteiger partial charge in [-0.1, -0.05) is 0 Å². The van der Waals surface area contributed by atoms with Gasteiger partial charge in [0.2, 0.25) is 5.71 Å². The lowest BCUT2D eigenvalue weighted by atomic mass is 9.97. The lowest BCUT2D eigenvalue weighted by Gasteiger charge is -2.30. The molecule has 1 aromatic heterocycles. The van der Waals surface area contributed by atoms with Crippen molar-refractivity contribution in [2.75, 3.05) is 31.6 Å². The largest absolute Gasteiger partial charge is 0.482 e. The summed E-state index contributed by atoms with van der Waals surface area (Å²) < 4.78 is 82.1. The van der Waals surface area contributed by atoms with E-state index in [4.69, 9.17) is 9.47 Å². The molecule has 3 aromatic rings. The van der Waals surface area contributed by atoms with Crippen molar-refractivity contribution in [3.05, 3.63) is 59.3 Å². The van der Waals surface area contributed by atoms with Gasteiger partial charge in [0.15, 0.2) is 19.7 Å². The third-order valence-electron chi connectivity index (χ3n) is 5.99. The van der Waals surface area contributed by atoms with Gasteiger partial charge in [0.05, 0.1) is 5.69 Å². The zero-order valence-electron chi connectivity index (χ0n) is 17.6. The summed E-state index contributed by atoms with van der Waals surface area (Å²) in [6, 6.07) is 6.71. The Labute approximate surface area is 185 Å². The van der Waals surface area contributed by atoms with E-state index in [1.807, 2.05) is 6.92 Å². The predicted molar refractivity (Wildman–Crippen MR) is 112 cm³/mol. The number of rotatable bonds is 2. The van der Waals surface area contributed by atoms with E-state index in [0.29, 0.717) is 31.0 Å². The molecule has 5 nitrogen and oxygen atoms in total. The minimum Gasteiger partial charge on any atom is -0.482 e. The number of H-pyrrole nitrogens is 1. The summed E-state index contributed by atoms with van der Waals surface area (Å²) in [6.07, 6.45) is -4.64. The fourth-order valence-corrected chi connectivity index (χ4v) is 4.42. The second-order valence-electron chi connectivity index (χ2n) is 8.23. The van der Waals surface area contributed by atoms with Crippen molar-refractivity contribution >= 4 is 22.3 Å². The molecule has 1 saturated heterocycles. The van der Waals surface area contributed by atoms with Crippen LogP contribution in [0.15, 0.2) is 36.4 Å². The molecule has 2 aliphatic rings. The number of nitrogens with one attached hydrogen (secondary N) is 2. The van der Waals surface area contributed by atoms with Gasteiger partial charge in [-0.3, -0.25) is 0 Å². The molecule has 2 atom stereocenters. The number of ether oxygens (including phenoxy) is 2. The number of morpholine rings is 1. The minimum absolute atomic E-state index is 0.0410. The SMILES string of the molecule is C[C@@H]1C[N+](=C2COc3cc(F)ccc3[C@@H]2Nc2c(F)ccc3[nH]c(C(F)(F)F)cc23)CCO1. The number of halogens is 5. The molecule has 0 amide bonds. The van der Waals surface area contributed by atoms with Gasteiger partial charge in [0.1, 0.15) is 41.8 Å². The van der Waals surface area contributed by atoms with Crippen LogP contribution in [0.1, 0.15) is 24.2 Å². The zero-order chi connectivity index (χ0) is 23.3. The van der Waals surface area contributed by atoms with Gasteiger partial charge >= 0.3 is 6.18 Å². The molecule has 0 spiro atoms. The lowest BCUT2D eigenvalue weighted by Crippen LogP contribution is -2.44. The Morgan fingerprint density at radius 3 is 2.70 bits per heavy atom. The van der Waals surface area contributed by atoms with Crippen molar-refractivity contribution in [1.82, 2.24) is 4.98 Å². The van der Waals surface area contributed by atoms with Gasteiger partial charge in [0, 0.05) is 22.5 Å². The molecular formula is C23H21F5N3O2+. The standard InChI is InChI=1S/C23H21F5N3O2/c1-12-10-31(6-7-32-12)18-11-33-19-8-13(24)2-3-14(19)22(18)30-21-15-9-20(23(26,27)28)29-17(15)5-4-16(21)25/h2-5,8-9,12,22,29-30H,6-7,10-11H2,1H3/q+1/t12-,22+/m1/s1. The van der Waals surface area contributed by atoms with Crippen molar-refractivity contribution in [3.63, 3.8) is 0 Å². The molecule has 5 rings (SSSR count). The van der Waals surface area contributed by atoms with Gasteiger partial charge < -0.3 is 19.8 Å². The van der Waals surface area contributed by atoms with E-state index in [1.165, 1.54) is 18.2 Å². The van der Waals surface area contributed by atoms with Crippen molar-refractivity contribution < 1.29 is 36.0 Å². The van der Waals surface area contributed by atoms with Crippen LogP contribution in [-0.4, -0.2) is 47.7 Å². The fraction of sp³-hybridized carbons (Fsp3) is 0.348. The molecule has 1 fully saturated rings. The molecule has 2 aromatic carbocycles. The van der Waals surface area contributed by atoms with Crippen molar-refractivity contribution in [2.45, 2.75) is 25.2 Å². The lowest BCUT2D eigenvalue weighted by molar-refractivity contribution is -0.560. The van der Waals surface area contributed by atoms with Crippen LogP contribution >= 0.6 is 0 Å².